The van der Waals surface area contributed by atoms with E-state index in [1.807, 2.05) is 18.2 Å². The Kier molecular flexibility index (Phi) is 2.35. The Bertz CT molecular complexity index is 381. The first-order valence-electron chi connectivity index (χ1n) is 4.76. The quantitative estimate of drug-likeness (QED) is 0.686. The van der Waals surface area contributed by atoms with Gasteiger partial charge in [-0.15, -0.1) is 0 Å². The zero-order chi connectivity index (χ0) is 9.97. The molecule has 72 valence electrons. The van der Waals surface area contributed by atoms with Crippen LogP contribution in [0.2, 0.25) is 0 Å². The molecular formula is C12H12O2. The van der Waals surface area contributed by atoms with E-state index in [0.29, 0.717) is 12.0 Å². The molecule has 0 fully saturated rings. The van der Waals surface area contributed by atoms with Gasteiger partial charge < -0.3 is 5.11 Å². The second-order valence-corrected chi connectivity index (χ2v) is 3.52. The van der Waals surface area contributed by atoms with Crippen molar-refractivity contribution in [3.8, 4) is 0 Å². The molecule has 2 heteroatoms. The molecule has 0 radical (unpaired) electrons. The van der Waals surface area contributed by atoms with Crippen molar-refractivity contribution in [2.24, 2.45) is 0 Å². The lowest BCUT2D eigenvalue weighted by Crippen LogP contribution is -2.06. The maximum atomic E-state index is 10.8. The molecule has 0 aromatic heterocycles. The molecule has 1 N–H and O–H groups in total. The first-order valence-corrected chi connectivity index (χ1v) is 4.76. The van der Waals surface area contributed by atoms with Gasteiger partial charge in [0.05, 0.1) is 0 Å². The Labute approximate surface area is 82.9 Å². The van der Waals surface area contributed by atoms with Crippen molar-refractivity contribution < 1.29 is 9.90 Å². The van der Waals surface area contributed by atoms with E-state index in [1.54, 1.807) is 0 Å². The highest BCUT2D eigenvalue weighted by Gasteiger charge is 2.15. The fourth-order valence-corrected chi connectivity index (χ4v) is 1.80. The van der Waals surface area contributed by atoms with E-state index in [-0.39, 0.29) is 0 Å². The molecule has 0 atom stereocenters. The van der Waals surface area contributed by atoms with E-state index < -0.39 is 5.97 Å². The number of hydrogen-bond donors (Lipinski definition) is 1. The van der Waals surface area contributed by atoms with Crippen LogP contribution in [-0.2, 0) is 4.79 Å². The maximum Gasteiger partial charge on any atom is 0.331 e. The van der Waals surface area contributed by atoms with Crippen LogP contribution in [0.5, 0.6) is 0 Å². The molecule has 2 rings (SSSR count). The van der Waals surface area contributed by atoms with Gasteiger partial charge in [-0.25, -0.2) is 4.79 Å². The summed E-state index contributed by atoms with van der Waals surface area (Å²) in [4.78, 5) is 10.8. The molecule has 0 amide bonds. The molecule has 2 nitrogen and oxygen atoms in total. The Morgan fingerprint density at radius 1 is 1.21 bits per heavy atom. The van der Waals surface area contributed by atoms with E-state index >= 15 is 0 Å². The van der Waals surface area contributed by atoms with E-state index in [1.165, 1.54) is 5.57 Å². The number of hydrogen-bond acceptors (Lipinski definition) is 1. The van der Waals surface area contributed by atoms with Crippen LogP contribution in [0.25, 0.3) is 0 Å². The molecule has 0 unspecified atom stereocenters. The lowest BCUT2D eigenvalue weighted by Gasteiger charge is -2.14. The van der Waals surface area contributed by atoms with Gasteiger partial charge in [0.1, 0.15) is 0 Å². The summed E-state index contributed by atoms with van der Waals surface area (Å²) in [5, 5.41) is 8.87. The number of carbonyl (C=O) groups is 1. The standard InChI is InChI=1S/C12H12O2/c13-12(14)11-7-6-9-4-2-1-3-5-10(9)8-11/h1-4,8H,5-7H2,(H,13,14). The van der Waals surface area contributed by atoms with Gasteiger partial charge in [-0.3, -0.25) is 0 Å². The summed E-state index contributed by atoms with van der Waals surface area (Å²) in [7, 11) is 0. The average molecular weight is 188 g/mol. The molecule has 0 bridgehead atoms. The van der Waals surface area contributed by atoms with Gasteiger partial charge in [0, 0.05) is 5.57 Å². The van der Waals surface area contributed by atoms with Crippen LogP contribution < -0.4 is 0 Å². The van der Waals surface area contributed by atoms with E-state index in [2.05, 4.69) is 12.2 Å². The van der Waals surface area contributed by atoms with Crippen molar-refractivity contribution in [2.75, 3.05) is 0 Å². The smallest absolute Gasteiger partial charge is 0.331 e. The van der Waals surface area contributed by atoms with Crippen molar-refractivity contribution in [2.45, 2.75) is 19.3 Å². The predicted octanol–water partition coefficient (Wildman–Crippen LogP) is 2.60. The highest BCUT2D eigenvalue weighted by molar-refractivity contribution is 5.87. The molecule has 2 aliphatic carbocycles. The monoisotopic (exact) mass is 188 g/mol. The second kappa shape index (κ2) is 3.66. The minimum atomic E-state index is -0.784. The Hall–Kier alpha value is -1.57. The lowest BCUT2D eigenvalue weighted by atomic mass is 9.91. The molecule has 0 heterocycles. The van der Waals surface area contributed by atoms with Crippen LogP contribution >= 0.6 is 0 Å². The molecule has 0 aromatic rings. The average Bonchev–Trinajstić information content (AvgIpc) is 2.41. The van der Waals surface area contributed by atoms with Crippen LogP contribution in [0.15, 0.2) is 47.1 Å². The predicted molar refractivity (Wildman–Crippen MR) is 54.9 cm³/mol. The summed E-state index contributed by atoms with van der Waals surface area (Å²) >= 11 is 0. The van der Waals surface area contributed by atoms with Crippen LogP contribution in [0.3, 0.4) is 0 Å². The summed E-state index contributed by atoms with van der Waals surface area (Å²) in [6, 6.07) is 0. The van der Waals surface area contributed by atoms with Crippen LogP contribution in [0, 0.1) is 0 Å². The highest BCUT2D eigenvalue weighted by atomic mass is 16.4. The van der Waals surface area contributed by atoms with Gasteiger partial charge in [-0.1, -0.05) is 24.3 Å². The van der Waals surface area contributed by atoms with Gasteiger partial charge in [0.15, 0.2) is 0 Å². The molecule has 0 aromatic carbocycles. The molecule has 0 saturated heterocycles. The molecule has 0 aliphatic heterocycles. The van der Waals surface area contributed by atoms with Crippen molar-refractivity contribution in [3.05, 3.63) is 47.1 Å². The van der Waals surface area contributed by atoms with Crippen molar-refractivity contribution in [1.29, 1.82) is 0 Å². The topological polar surface area (TPSA) is 37.3 Å². The second-order valence-electron chi connectivity index (χ2n) is 3.52. The maximum absolute atomic E-state index is 10.8. The van der Waals surface area contributed by atoms with Gasteiger partial charge in [0.2, 0.25) is 0 Å². The van der Waals surface area contributed by atoms with Gasteiger partial charge in [0.25, 0.3) is 0 Å². The van der Waals surface area contributed by atoms with Crippen molar-refractivity contribution >= 4 is 5.97 Å². The zero-order valence-corrected chi connectivity index (χ0v) is 7.86. The highest BCUT2D eigenvalue weighted by Crippen LogP contribution is 2.28. The molecular weight excluding hydrogens is 176 g/mol. The third kappa shape index (κ3) is 1.69. The number of carboxylic acid groups (broad SMARTS) is 1. The molecule has 14 heavy (non-hydrogen) atoms. The largest absolute Gasteiger partial charge is 0.478 e. The summed E-state index contributed by atoms with van der Waals surface area (Å²) in [6.45, 7) is 0. The number of allylic oxidation sites excluding steroid dienone is 7. The van der Waals surface area contributed by atoms with E-state index in [4.69, 9.17) is 5.11 Å². The minimum Gasteiger partial charge on any atom is -0.478 e. The Balaban J connectivity index is 2.34. The summed E-state index contributed by atoms with van der Waals surface area (Å²) in [6.07, 6.45) is 12.3. The molecule has 2 aliphatic rings. The SMILES string of the molecule is O=C(O)C1=CC2=C(C=CC=CC2)CC1. The third-order valence-electron chi connectivity index (χ3n) is 2.58. The normalized spacial score (nSPS) is 20.1. The first-order chi connectivity index (χ1) is 6.77. The van der Waals surface area contributed by atoms with E-state index in [0.717, 1.165) is 18.4 Å². The van der Waals surface area contributed by atoms with Crippen molar-refractivity contribution in [3.63, 3.8) is 0 Å². The lowest BCUT2D eigenvalue weighted by molar-refractivity contribution is -0.132. The van der Waals surface area contributed by atoms with Crippen LogP contribution in [0.4, 0.5) is 0 Å². The number of aliphatic carboxylic acids is 1. The van der Waals surface area contributed by atoms with Gasteiger partial charge >= 0.3 is 5.97 Å². The van der Waals surface area contributed by atoms with E-state index in [9.17, 15) is 4.79 Å². The fourth-order valence-electron chi connectivity index (χ4n) is 1.80. The Morgan fingerprint density at radius 3 is 2.86 bits per heavy atom. The summed E-state index contributed by atoms with van der Waals surface area (Å²) in [5.74, 6) is -0.784. The van der Waals surface area contributed by atoms with Crippen molar-refractivity contribution in [1.82, 2.24) is 0 Å². The van der Waals surface area contributed by atoms with Crippen LogP contribution in [-0.4, -0.2) is 11.1 Å². The fraction of sp³-hybridized carbons (Fsp3) is 0.250. The third-order valence-corrected chi connectivity index (χ3v) is 2.58. The van der Waals surface area contributed by atoms with Gasteiger partial charge in [-0.05, 0) is 36.5 Å². The van der Waals surface area contributed by atoms with Gasteiger partial charge in [-0.2, -0.15) is 0 Å². The molecule has 0 saturated carbocycles. The summed E-state index contributed by atoms with van der Waals surface area (Å²) in [5.41, 5.74) is 2.96. The van der Waals surface area contributed by atoms with Crippen LogP contribution in [0.1, 0.15) is 19.3 Å². The zero-order valence-electron chi connectivity index (χ0n) is 7.86. The number of carboxylic acids is 1. The first kappa shape index (κ1) is 9.00. The molecule has 0 spiro atoms. The number of rotatable bonds is 1. The Morgan fingerprint density at radius 2 is 2.07 bits per heavy atom. The minimum absolute atomic E-state index is 0.535. The summed E-state index contributed by atoms with van der Waals surface area (Å²) < 4.78 is 0.